The average molecular weight is 126 g/mol. The first-order valence-corrected chi connectivity index (χ1v) is 3.87. The molecule has 0 aromatic heterocycles. The van der Waals surface area contributed by atoms with Crippen molar-refractivity contribution in [2.24, 2.45) is 17.8 Å². The van der Waals surface area contributed by atoms with E-state index < -0.39 is 0 Å². The molecular formula is C8H14O. The van der Waals surface area contributed by atoms with E-state index in [0.717, 1.165) is 12.3 Å². The van der Waals surface area contributed by atoms with E-state index in [9.17, 15) is 5.11 Å². The minimum absolute atomic E-state index is 0.209. The molecule has 0 aliphatic heterocycles. The zero-order valence-electron chi connectivity index (χ0n) is 6.09. The quantitative estimate of drug-likeness (QED) is 0.563. The summed E-state index contributed by atoms with van der Waals surface area (Å²) in [4.78, 5) is 0. The minimum atomic E-state index is -0.209. The minimum Gasteiger partial charge on any atom is -0.389 e. The fourth-order valence-electron chi connectivity index (χ4n) is 1.97. The third-order valence-corrected chi connectivity index (χ3v) is 3.08. The molecule has 0 spiro atoms. The molecule has 0 radical (unpaired) electrons. The lowest BCUT2D eigenvalue weighted by Gasteiger charge is -2.05. The number of hydrogen-bond acceptors (Lipinski definition) is 1. The second kappa shape index (κ2) is 1.34. The molecule has 0 aromatic rings. The SMILES string of the molecule is CC1CC1C1(O)CC1C. The van der Waals surface area contributed by atoms with E-state index in [0.29, 0.717) is 11.8 Å². The lowest BCUT2D eigenvalue weighted by Crippen LogP contribution is -2.13. The van der Waals surface area contributed by atoms with Gasteiger partial charge in [0.05, 0.1) is 5.60 Å². The highest BCUT2D eigenvalue weighted by Gasteiger charge is 2.61. The van der Waals surface area contributed by atoms with Crippen LogP contribution in [0.2, 0.25) is 0 Å². The maximum atomic E-state index is 9.71. The van der Waals surface area contributed by atoms with Crippen molar-refractivity contribution >= 4 is 0 Å². The molecule has 4 atom stereocenters. The van der Waals surface area contributed by atoms with Crippen LogP contribution in [0.25, 0.3) is 0 Å². The Morgan fingerprint density at radius 1 is 1.44 bits per heavy atom. The fourth-order valence-corrected chi connectivity index (χ4v) is 1.97. The Hall–Kier alpha value is -0.0400. The Labute approximate surface area is 56.1 Å². The first kappa shape index (κ1) is 5.72. The third kappa shape index (κ3) is 0.644. The molecule has 1 nitrogen and oxygen atoms in total. The van der Waals surface area contributed by atoms with Gasteiger partial charge in [0.1, 0.15) is 0 Å². The monoisotopic (exact) mass is 126 g/mol. The second-order valence-electron chi connectivity index (χ2n) is 3.92. The van der Waals surface area contributed by atoms with E-state index in [-0.39, 0.29) is 5.60 Å². The lowest BCUT2D eigenvalue weighted by molar-refractivity contribution is 0.105. The third-order valence-electron chi connectivity index (χ3n) is 3.08. The van der Waals surface area contributed by atoms with Crippen molar-refractivity contribution in [3.63, 3.8) is 0 Å². The fraction of sp³-hybridized carbons (Fsp3) is 1.00. The predicted octanol–water partition coefficient (Wildman–Crippen LogP) is 1.41. The number of rotatable bonds is 1. The topological polar surface area (TPSA) is 20.2 Å². The van der Waals surface area contributed by atoms with Crippen molar-refractivity contribution in [3.05, 3.63) is 0 Å². The Bertz CT molecular complexity index is 144. The molecule has 52 valence electrons. The standard InChI is InChI=1S/C8H14O/c1-5-3-7(5)8(9)4-6(8)2/h5-7,9H,3-4H2,1-2H3. The molecule has 0 bridgehead atoms. The molecule has 9 heavy (non-hydrogen) atoms. The van der Waals surface area contributed by atoms with Crippen molar-refractivity contribution in [1.82, 2.24) is 0 Å². The smallest absolute Gasteiger partial charge is 0.0708 e. The Balaban J connectivity index is 2.00. The van der Waals surface area contributed by atoms with E-state index in [2.05, 4.69) is 13.8 Å². The van der Waals surface area contributed by atoms with E-state index >= 15 is 0 Å². The summed E-state index contributed by atoms with van der Waals surface area (Å²) in [5.74, 6) is 2.06. The predicted molar refractivity (Wildman–Crippen MR) is 36.0 cm³/mol. The van der Waals surface area contributed by atoms with Crippen LogP contribution in [0, 0.1) is 17.8 Å². The van der Waals surface area contributed by atoms with Crippen molar-refractivity contribution in [2.45, 2.75) is 32.3 Å². The zero-order valence-corrected chi connectivity index (χ0v) is 6.09. The molecule has 2 aliphatic carbocycles. The normalized spacial score (nSPS) is 63.7. The lowest BCUT2D eigenvalue weighted by atomic mass is 10.1. The first-order chi connectivity index (χ1) is 4.14. The highest BCUT2D eigenvalue weighted by atomic mass is 16.3. The van der Waals surface area contributed by atoms with Crippen LogP contribution in [0.15, 0.2) is 0 Å². The second-order valence-corrected chi connectivity index (χ2v) is 3.92. The molecule has 0 aromatic carbocycles. The summed E-state index contributed by atoms with van der Waals surface area (Å²) in [5, 5.41) is 9.71. The molecule has 0 amide bonds. The Kier molecular flexibility index (Phi) is 0.852. The first-order valence-electron chi connectivity index (χ1n) is 3.87. The molecule has 1 N–H and O–H groups in total. The van der Waals surface area contributed by atoms with Crippen molar-refractivity contribution in [1.29, 1.82) is 0 Å². The van der Waals surface area contributed by atoms with Gasteiger partial charge in [-0.25, -0.2) is 0 Å². The summed E-state index contributed by atoms with van der Waals surface area (Å²) in [6, 6.07) is 0. The molecule has 2 saturated carbocycles. The number of hydrogen-bond donors (Lipinski definition) is 1. The summed E-state index contributed by atoms with van der Waals surface area (Å²) in [7, 11) is 0. The van der Waals surface area contributed by atoms with Gasteiger partial charge >= 0.3 is 0 Å². The van der Waals surface area contributed by atoms with Gasteiger partial charge in [-0.15, -0.1) is 0 Å². The van der Waals surface area contributed by atoms with Crippen LogP contribution in [0.3, 0.4) is 0 Å². The van der Waals surface area contributed by atoms with Crippen LogP contribution in [-0.4, -0.2) is 10.7 Å². The van der Waals surface area contributed by atoms with Crippen LogP contribution in [-0.2, 0) is 0 Å². The maximum absolute atomic E-state index is 9.71. The Morgan fingerprint density at radius 2 is 1.89 bits per heavy atom. The van der Waals surface area contributed by atoms with Gasteiger partial charge in [-0.2, -0.15) is 0 Å². The summed E-state index contributed by atoms with van der Waals surface area (Å²) < 4.78 is 0. The molecule has 1 heteroatoms. The molecule has 2 rings (SSSR count). The van der Waals surface area contributed by atoms with Gasteiger partial charge in [0.25, 0.3) is 0 Å². The molecule has 0 heterocycles. The molecule has 2 aliphatic rings. The van der Waals surface area contributed by atoms with Gasteiger partial charge in [-0.1, -0.05) is 13.8 Å². The largest absolute Gasteiger partial charge is 0.389 e. The van der Waals surface area contributed by atoms with Gasteiger partial charge in [-0.05, 0) is 30.6 Å². The highest BCUT2D eigenvalue weighted by Crippen LogP contribution is 2.60. The van der Waals surface area contributed by atoms with Gasteiger partial charge < -0.3 is 5.11 Å². The molecule has 2 fully saturated rings. The van der Waals surface area contributed by atoms with E-state index in [1.165, 1.54) is 6.42 Å². The summed E-state index contributed by atoms with van der Waals surface area (Å²) in [6.07, 6.45) is 2.32. The van der Waals surface area contributed by atoms with Gasteiger partial charge in [0.15, 0.2) is 0 Å². The Morgan fingerprint density at radius 3 is 2.00 bits per heavy atom. The van der Waals surface area contributed by atoms with Crippen molar-refractivity contribution < 1.29 is 5.11 Å². The summed E-state index contributed by atoms with van der Waals surface area (Å²) in [5.41, 5.74) is -0.209. The highest BCUT2D eigenvalue weighted by molar-refractivity contribution is 5.12. The van der Waals surface area contributed by atoms with E-state index in [1.807, 2.05) is 0 Å². The van der Waals surface area contributed by atoms with E-state index in [4.69, 9.17) is 0 Å². The number of aliphatic hydroxyl groups is 1. The molecule has 0 saturated heterocycles. The van der Waals surface area contributed by atoms with E-state index in [1.54, 1.807) is 0 Å². The van der Waals surface area contributed by atoms with Gasteiger partial charge in [0, 0.05) is 0 Å². The van der Waals surface area contributed by atoms with Crippen LogP contribution in [0.1, 0.15) is 26.7 Å². The average Bonchev–Trinajstić information content (AvgIpc) is 2.55. The maximum Gasteiger partial charge on any atom is 0.0708 e. The van der Waals surface area contributed by atoms with Gasteiger partial charge in [0.2, 0.25) is 0 Å². The molecular weight excluding hydrogens is 112 g/mol. The summed E-state index contributed by atoms with van der Waals surface area (Å²) in [6.45, 7) is 4.37. The van der Waals surface area contributed by atoms with Crippen LogP contribution in [0.4, 0.5) is 0 Å². The van der Waals surface area contributed by atoms with Crippen LogP contribution in [0.5, 0.6) is 0 Å². The summed E-state index contributed by atoms with van der Waals surface area (Å²) >= 11 is 0. The van der Waals surface area contributed by atoms with Crippen molar-refractivity contribution in [2.75, 3.05) is 0 Å². The van der Waals surface area contributed by atoms with Crippen LogP contribution < -0.4 is 0 Å². The van der Waals surface area contributed by atoms with Crippen molar-refractivity contribution in [3.8, 4) is 0 Å². The van der Waals surface area contributed by atoms with Gasteiger partial charge in [-0.3, -0.25) is 0 Å². The zero-order chi connectivity index (χ0) is 6.65. The molecule has 4 unspecified atom stereocenters. The van der Waals surface area contributed by atoms with Crippen LogP contribution >= 0.6 is 0 Å².